The fourth-order valence-corrected chi connectivity index (χ4v) is 2.01. The Balaban J connectivity index is 2.89. The van der Waals surface area contributed by atoms with Gasteiger partial charge in [-0.1, -0.05) is 18.2 Å². The normalized spacial score (nSPS) is 14.0. The highest BCUT2D eigenvalue weighted by atomic mass is 32.2. The molecule has 1 unspecified atom stereocenters. The lowest BCUT2D eigenvalue weighted by atomic mass is 10.1. The minimum atomic E-state index is -3.20. The van der Waals surface area contributed by atoms with Crippen LogP contribution in [-0.2, 0) is 9.84 Å². The molecule has 0 amide bonds. The van der Waals surface area contributed by atoms with Gasteiger partial charge in [0.25, 0.3) is 5.69 Å². The van der Waals surface area contributed by atoms with Crippen molar-refractivity contribution in [2.24, 2.45) is 0 Å². The summed E-state index contributed by atoms with van der Waals surface area (Å²) in [5.74, 6) is 0. The molecule has 7 heteroatoms. The Bertz CT molecular complexity index is 596. The van der Waals surface area contributed by atoms with Gasteiger partial charge in [-0.3, -0.25) is 10.1 Å². The van der Waals surface area contributed by atoms with Crippen molar-refractivity contribution in [1.82, 2.24) is 5.32 Å². The van der Waals surface area contributed by atoms with Gasteiger partial charge >= 0.3 is 0 Å². The van der Waals surface area contributed by atoms with Gasteiger partial charge in [0.1, 0.15) is 0 Å². The van der Waals surface area contributed by atoms with Crippen molar-refractivity contribution in [3.05, 3.63) is 39.9 Å². The summed E-state index contributed by atoms with van der Waals surface area (Å²) in [6.07, 6.45) is 1.18. The number of hydrogen-bond acceptors (Lipinski definition) is 5. The molecule has 0 saturated heterocycles. The number of benzene rings is 1. The summed E-state index contributed by atoms with van der Waals surface area (Å²) in [7, 11) is -3.20. The van der Waals surface area contributed by atoms with Gasteiger partial charge in [0, 0.05) is 30.5 Å². The van der Waals surface area contributed by atoms with E-state index in [4.69, 9.17) is 0 Å². The molecule has 1 rings (SSSR count). The quantitative estimate of drug-likeness (QED) is 0.641. The molecular formula is C13H20N2O4S. The predicted molar refractivity (Wildman–Crippen MR) is 78.4 cm³/mol. The van der Waals surface area contributed by atoms with E-state index in [9.17, 15) is 18.5 Å². The zero-order valence-electron chi connectivity index (χ0n) is 12.1. The standard InChI is InChI=1S/C13H20N2O4S/c1-10(14-9-13(2,3)20(4,18)19)11-7-5-6-8-12(11)15(16)17/h5-8,10,14H,9H2,1-4H3. The predicted octanol–water partition coefficient (Wildman–Crippen LogP) is 2.07. The van der Waals surface area contributed by atoms with E-state index >= 15 is 0 Å². The maximum Gasteiger partial charge on any atom is 0.274 e. The number of hydrogen-bond donors (Lipinski definition) is 1. The van der Waals surface area contributed by atoms with Crippen molar-refractivity contribution in [2.75, 3.05) is 12.8 Å². The minimum Gasteiger partial charge on any atom is -0.308 e. The van der Waals surface area contributed by atoms with Crippen LogP contribution < -0.4 is 5.32 Å². The summed E-state index contributed by atoms with van der Waals surface area (Å²) in [6, 6.07) is 6.13. The lowest BCUT2D eigenvalue weighted by Crippen LogP contribution is -2.42. The smallest absolute Gasteiger partial charge is 0.274 e. The van der Waals surface area contributed by atoms with Gasteiger partial charge in [-0.05, 0) is 20.8 Å². The van der Waals surface area contributed by atoms with Crippen LogP contribution in [0.4, 0.5) is 5.69 Å². The van der Waals surface area contributed by atoms with Crippen LogP contribution in [0.3, 0.4) is 0 Å². The molecule has 1 N–H and O–H groups in total. The van der Waals surface area contributed by atoms with Crippen LogP contribution in [0.5, 0.6) is 0 Å². The first-order valence-corrected chi connectivity index (χ1v) is 8.12. The van der Waals surface area contributed by atoms with Gasteiger partial charge in [0.2, 0.25) is 0 Å². The second-order valence-corrected chi connectivity index (χ2v) is 8.10. The zero-order chi connectivity index (χ0) is 15.6. The van der Waals surface area contributed by atoms with E-state index in [2.05, 4.69) is 5.32 Å². The Morgan fingerprint density at radius 2 is 1.90 bits per heavy atom. The average Bonchev–Trinajstić information content (AvgIpc) is 2.34. The zero-order valence-corrected chi connectivity index (χ0v) is 12.9. The number of nitrogens with one attached hydrogen (secondary N) is 1. The first kappa shape index (κ1) is 16.6. The van der Waals surface area contributed by atoms with Gasteiger partial charge in [0.15, 0.2) is 9.84 Å². The molecule has 20 heavy (non-hydrogen) atoms. The summed E-state index contributed by atoms with van der Waals surface area (Å²) in [6.45, 7) is 5.25. The number of nitro groups is 1. The van der Waals surface area contributed by atoms with Crippen molar-refractivity contribution in [3.8, 4) is 0 Å². The molecule has 0 aliphatic heterocycles. The van der Waals surface area contributed by atoms with Gasteiger partial charge in [-0.25, -0.2) is 8.42 Å². The third-order valence-corrected chi connectivity index (χ3v) is 5.59. The Morgan fingerprint density at radius 1 is 1.35 bits per heavy atom. The molecule has 0 aliphatic rings. The van der Waals surface area contributed by atoms with Crippen molar-refractivity contribution < 1.29 is 13.3 Å². The summed E-state index contributed by atoms with van der Waals surface area (Å²) in [5, 5.41) is 14.0. The topological polar surface area (TPSA) is 89.3 Å². The highest BCUT2D eigenvalue weighted by Gasteiger charge is 2.31. The van der Waals surface area contributed by atoms with Crippen LogP contribution >= 0.6 is 0 Å². The van der Waals surface area contributed by atoms with E-state index in [1.807, 2.05) is 0 Å². The fraction of sp³-hybridized carbons (Fsp3) is 0.538. The van der Waals surface area contributed by atoms with Crippen molar-refractivity contribution in [3.63, 3.8) is 0 Å². The summed E-state index contributed by atoms with van der Waals surface area (Å²) in [5.41, 5.74) is 0.575. The second kappa shape index (κ2) is 5.88. The molecule has 0 bridgehead atoms. The molecular weight excluding hydrogens is 280 g/mol. The first-order chi connectivity index (χ1) is 9.06. The average molecular weight is 300 g/mol. The largest absolute Gasteiger partial charge is 0.308 e. The number of nitrogens with zero attached hydrogens (tertiary/aromatic N) is 1. The Hall–Kier alpha value is -1.47. The molecule has 0 aromatic heterocycles. The Kier molecular flexibility index (Phi) is 4.88. The van der Waals surface area contributed by atoms with Crippen LogP contribution in [0, 0.1) is 10.1 Å². The third kappa shape index (κ3) is 3.77. The lowest BCUT2D eigenvalue weighted by molar-refractivity contribution is -0.385. The van der Waals surface area contributed by atoms with E-state index in [0.717, 1.165) is 0 Å². The van der Waals surface area contributed by atoms with E-state index in [0.29, 0.717) is 5.56 Å². The Labute approximate surface area is 119 Å². The number of nitro benzene ring substituents is 1. The molecule has 112 valence electrons. The molecule has 6 nitrogen and oxygen atoms in total. The second-order valence-electron chi connectivity index (χ2n) is 5.45. The van der Waals surface area contributed by atoms with E-state index in [1.54, 1.807) is 39.0 Å². The van der Waals surface area contributed by atoms with Crippen LogP contribution in [0.1, 0.15) is 32.4 Å². The van der Waals surface area contributed by atoms with Crippen molar-refractivity contribution in [1.29, 1.82) is 0 Å². The van der Waals surface area contributed by atoms with E-state index in [1.165, 1.54) is 12.3 Å². The van der Waals surface area contributed by atoms with Gasteiger partial charge in [-0.2, -0.15) is 0 Å². The third-order valence-electron chi connectivity index (χ3n) is 3.44. The minimum absolute atomic E-state index is 0.0321. The molecule has 0 fully saturated rings. The number of sulfone groups is 1. The van der Waals surface area contributed by atoms with Gasteiger partial charge in [-0.15, -0.1) is 0 Å². The van der Waals surface area contributed by atoms with Crippen LogP contribution in [0.25, 0.3) is 0 Å². The van der Waals surface area contributed by atoms with Gasteiger partial charge in [0.05, 0.1) is 9.67 Å². The summed E-state index contributed by atoms with van der Waals surface area (Å²) >= 11 is 0. The maximum absolute atomic E-state index is 11.6. The van der Waals surface area contributed by atoms with Crippen molar-refractivity contribution in [2.45, 2.75) is 31.6 Å². The molecule has 0 heterocycles. The number of para-hydroxylation sites is 1. The highest BCUT2D eigenvalue weighted by molar-refractivity contribution is 7.92. The highest BCUT2D eigenvalue weighted by Crippen LogP contribution is 2.25. The van der Waals surface area contributed by atoms with E-state index < -0.39 is 19.5 Å². The summed E-state index contributed by atoms with van der Waals surface area (Å²) < 4.78 is 22.3. The molecule has 1 aromatic carbocycles. The molecule has 0 aliphatic carbocycles. The monoisotopic (exact) mass is 300 g/mol. The van der Waals surface area contributed by atoms with Crippen molar-refractivity contribution >= 4 is 15.5 Å². The SMILES string of the molecule is CC(NCC(C)(C)S(C)(=O)=O)c1ccccc1[N+](=O)[O-]. The Morgan fingerprint density at radius 3 is 2.40 bits per heavy atom. The van der Waals surface area contributed by atoms with Crippen LogP contribution in [0.15, 0.2) is 24.3 Å². The molecule has 0 saturated carbocycles. The number of rotatable bonds is 6. The molecule has 1 atom stereocenters. The van der Waals surface area contributed by atoms with E-state index in [-0.39, 0.29) is 18.3 Å². The molecule has 0 spiro atoms. The first-order valence-electron chi connectivity index (χ1n) is 6.22. The van der Waals surface area contributed by atoms with Gasteiger partial charge < -0.3 is 5.32 Å². The lowest BCUT2D eigenvalue weighted by Gasteiger charge is -2.25. The fourth-order valence-electron chi connectivity index (χ4n) is 1.66. The maximum atomic E-state index is 11.6. The molecule has 1 aromatic rings. The molecule has 0 radical (unpaired) electrons. The van der Waals surface area contributed by atoms with Crippen LogP contribution in [-0.4, -0.2) is 30.9 Å². The summed E-state index contributed by atoms with van der Waals surface area (Å²) in [4.78, 5) is 10.5. The van der Waals surface area contributed by atoms with Crippen LogP contribution in [0.2, 0.25) is 0 Å².